The van der Waals surface area contributed by atoms with Gasteiger partial charge in [-0.3, -0.25) is 9.69 Å². The van der Waals surface area contributed by atoms with E-state index in [1.807, 2.05) is 7.05 Å². The molecular formula is C15H30ClN3O. The number of nitrogens with one attached hydrogen (secondary N) is 2. The minimum atomic E-state index is 0. The number of rotatable bonds is 5. The number of amides is 1. The predicted molar refractivity (Wildman–Crippen MR) is 85.3 cm³/mol. The van der Waals surface area contributed by atoms with Gasteiger partial charge in [-0.25, -0.2) is 0 Å². The van der Waals surface area contributed by atoms with Gasteiger partial charge in [0.2, 0.25) is 5.91 Å². The Morgan fingerprint density at radius 2 is 2.00 bits per heavy atom. The molecule has 0 spiro atoms. The maximum absolute atomic E-state index is 12.1. The monoisotopic (exact) mass is 303 g/mol. The summed E-state index contributed by atoms with van der Waals surface area (Å²) >= 11 is 0. The van der Waals surface area contributed by atoms with E-state index in [-0.39, 0.29) is 18.3 Å². The molecule has 1 saturated heterocycles. The number of hydrogen-bond acceptors (Lipinski definition) is 3. The van der Waals surface area contributed by atoms with Gasteiger partial charge in [-0.05, 0) is 51.2 Å². The first-order chi connectivity index (χ1) is 9.19. The minimum absolute atomic E-state index is 0. The van der Waals surface area contributed by atoms with Gasteiger partial charge in [0.05, 0.1) is 6.54 Å². The summed E-state index contributed by atoms with van der Waals surface area (Å²) in [6.45, 7) is 6.05. The lowest BCUT2D eigenvalue weighted by molar-refractivity contribution is -0.123. The summed E-state index contributed by atoms with van der Waals surface area (Å²) in [4.78, 5) is 14.4. The van der Waals surface area contributed by atoms with E-state index in [2.05, 4.69) is 22.5 Å². The fraction of sp³-hybridized carbons (Fsp3) is 0.933. The van der Waals surface area contributed by atoms with Gasteiger partial charge < -0.3 is 10.6 Å². The van der Waals surface area contributed by atoms with Crippen molar-refractivity contribution in [1.82, 2.24) is 15.5 Å². The Labute approximate surface area is 129 Å². The molecule has 3 atom stereocenters. The van der Waals surface area contributed by atoms with Crippen LogP contribution >= 0.6 is 12.4 Å². The molecule has 4 nitrogen and oxygen atoms in total. The number of nitrogens with zero attached hydrogens (tertiary/aromatic N) is 1. The van der Waals surface area contributed by atoms with Crippen molar-refractivity contribution in [2.75, 3.05) is 33.2 Å². The molecule has 1 saturated carbocycles. The number of hydrogen-bond donors (Lipinski definition) is 2. The number of carbonyl (C=O) groups excluding carboxylic acids is 1. The molecule has 2 aliphatic rings. The van der Waals surface area contributed by atoms with E-state index >= 15 is 0 Å². The zero-order chi connectivity index (χ0) is 13.7. The highest BCUT2D eigenvalue weighted by atomic mass is 35.5. The molecule has 2 fully saturated rings. The highest BCUT2D eigenvalue weighted by Gasteiger charge is 2.26. The van der Waals surface area contributed by atoms with Crippen molar-refractivity contribution in [3.8, 4) is 0 Å². The number of halogens is 1. The average Bonchev–Trinajstić information content (AvgIpc) is 2.80. The summed E-state index contributed by atoms with van der Waals surface area (Å²) < 4.78 is 0. The topological polar surface area (TPSA) is 44.4 Å². The van der Waals surface area contributed by atoms with Crippen molar-refractivity contribution < 1.29 is 4.79 Å². The summed E-state index contributed by atoms with van der Waals surface area (Å²) in [6.07, 6.45) is 6.23. The predicted octanol–water partition coefficient (Wildman–Crippen LogP) is 1.64. The number of carbonyl (C=O) groups is 1. The fourth-order valence-electron chi connectivity index (χ4n) is 3.50. The summed E-state index contributed by atoms with van der Waals surface area (Å²) in [5.74, 6) is 1.59. The Balaban J connectivity index is 0.00000200. The highest BCUT2D eigenvalue weighted by molar-refractivity contribution is 5.85. The molecule has 3 unspecified atom stereocenters. The van der Waals surface area contributed by atoms with Crippen molar-refractivity contribution in [3.05, 3.63) is 0 Å². The molecule has 20 heavy (non-hydrogen) atoms. The van der Waals surface area contributed by atoms with E-state index in [1.54, 1.807) is 0 Å². The second-order valence-electron chi connectivity index (χ2n) is 6.38. The van der Waals surface area contributed by atoms with Crippen LogP contribution in [0.1, 0.15) is 39.0 Å². The van der Waals surface area contributed by atoms with Gasteiger partial charge in [-0.15, -0.1) is 12.4 Å². The lowest BCUT2D eigenvalue weighted by Crippen LogP contribution is -2.45. The molecule has 0 bridgehead atoms. The normalized spacial score (nSPS) is 30.8. The third-order valence-corrected chi connectivity index (χ3v) is 4.69. The maximum Gasteiger partial charge on any atom is 0.234 e. The van der Waals surface area contributed by atoms with E-state index in [9.17, 15) is 4.79 Å². The standard InChI is InChI=1S/C15H29N3O.ClH/c1-12-5-3-4-6-14(12)17-15(19)11-18-8-7-13(10-18)9-16-2;/h12-14,16H,3-11H2,1-2H3,(H,17,19);1H. The second kappa shape index (κ2) is 8.85. The lowest BCUT2D eigenvalue weighted by atomic mass is 9.86. The molecule has 2 rings (SSSR count). The van der Waals surface area contributed by atoms with Crippen LogP contribution in [0.15, 0.2) is 0 Å². The van der Waals surface area contributed by atoms with Gasteiger partial charge in [0.25, 0.3) is 0 Å². The second-order valence-corrected chi connectivity index (χ2v) is 6.38. The smallest absolute Gasteiger partial charge is 0.234 e. The van der Waals surface area contributed by atoms with Gasteiger partial charge in [-0.2, -0.15) is 0 Å². The molecule has 1 amide bonds. The molecular weight excluding hydrogens is 274 g/mol. The first-order valence-corrected chi connectivity index (χ1v) is 7.85. The van der Waals surface area contributed by atoms with E-state index < -0.39 is 0 Å². The van der Waals surface area contributed by atoms with Gasteiger partial charge in [0, 0.05) is 12.6 Å². The van der Waals surface area contributed by atoms with E-state index in [0.29, 0.717) is 24.4 Å². The molecule has 0 aromatic carbocycles. The molecule has 0 radical (unpaired) electrons. The van der Waals surface area contributed by atoms with Crippen LogP contribution in [0.2, 0.25) is 0 Å². The van der Waals surface area contributed by atoms with Crippen LogP contribution in [0.25, 0.3) is 0 Å². The zero-order valence-corrected chi connectivity index (χ0v) is 13.7. The summed E-state index contributed by atoms with van der Waals surface area (Å²) in [5.41, 5.74) is 0. The van der Waals surface area contributed by atoms with E-state index in [4.69, 9.17) is 0 Å². The van der Waals surface area contributed by atoms with Crippen LogP contribution < -0.4 is 10.6 Å². The van der Waals surface area contributed by atoms with Gasteiger partial charge >= 0.3 is 0 Å². The first-order valence-electron chi connectivity index (χ1n) is 7.85. The third-order valence-electron chi connectivity index (χ3n) is 4.69. The molecule has 118 valence electrons. The van der Waals surface area contributed by atoms with Crippen LogP contribution in [0, 0.1) is 11.8 Å². The van der Waals surface area contributed by atoms with Crippen LogP contribution in [-0.2, 0) is 4.79 Å². The molecule has 1 aliphatic carbocycles. The SMILES string of the molecule is CNCC1CCN(CC(=O)NC2CCCCC2C)C1.Cl. The molecule has 0 aromatic rings. The van der Waals surface area contributed by atoms with Gasteiger partial charge in [-0.1, -0.05) is 19.8 Å². The largest absolute Gasteiger partial charge is 0.352 e. The maximum atomic E-state index is 12.1. The zero-order valence-electron chi connectivity index (χ0n) is 12.9. The fourth-order valence-corrected chi connectivity index (χ4v) is 3.50. The van der Waals surface area contributed by atoms with Crippen LogP contribution in [0.5, 0.6) is 0 Å². The Hall–Kier alpha value is -0.320. The van der Waals surface area contributed by atoms with Crippen LogP contribution in [0.4, 0.5) is 0 Å². The molecule has 5 heteroatoms. The quantitative estimate of drug-likeness (QED) is 0.812. The molecule has 0 aromatic heterocycles. The molecule has 1 aliphatic heterocycles. The van der Waals surface area contributed by atoms with Crippen molar-refractivity contribution >= 4 is 18.3 Å². The van der Waals surface area contributed by atoms with Crippen molar-refractivity contribution in [2.45, 2.75) is 45.1 Å². The number of likely N-dealkylation sites (tertiary alicyclic amines) is 1. The Morgan fingerprint density at radius 1 is 1.25 bits per heavy atom. The Morgan fingerprint density at radius 3 is 2.70 bits per heavy atom. The van der Waals surface area contributed by atoms with Crippen LogP contribution in [0.3, 0.4) is 0 Å². The first kappa shape index (κ1) is 17.7. The minimum Gasteiger partial charge on any atom is -0.352 e. The Kier molecular flexibility index (Phi) is 7.85. The van der Waals surface area contributed by atoms with Crippen molar-refractivity contribution in [2.24, 2.45) is 11.8 Å². The average molecular weight is 304 g/mol. The van der Waals surface area contributed by atoms with E-state index in [0.717, 1.165) is 26.1 Å². The van der Waals surface area contributed by atoms with Crippen molar-refractivity contribution in [3.63, 3.8) is 0 Å². The lowest BCUT2D eigenvalue weighted by Gasteiger charge is -2.30. The highest BCUT2D eigenvalue weighted by Crippen LogP contribution is 2.23. The van der Waals surface area contributed by atoms with Crippen LogP contribution in [-0.4, -0.2) is 50.1 Å². The molecule has 2 N–H and O–H groups in total. The third kappa shape index (κ3) is 5.23. The van der Waals surface area contributed by atoms with E-state index in [1.165, 1.54) is 25.7 Å². The summed E-state index contributed by atoms with van der Waals surface area (Å²) in [5, 5.41) is 6.47. The van der Waals surface area contributed by atoms with Gasteiger partial charge in [0.1, 0.15) is 0 Å². The van der Waals surface area contributed by atoms with Crippen molar-refractivity contribution in [1.29, 1.82) is 0 Å². The Bertz CT molecular complexity index is 301. The molecule has 1 heterocycles. The van der Waals surface area contributed by atoms with Gasteiger partial charge in [0.15, 0.2) is 0 Å². The summed E-state index contributed by atoms with van der Waals surface area (Å²) in [7, 11) is 2.00. The summed E-state index contributed by atoms with van der Waals surface area (Å²) in [6, 6.07) is 0.414.